The minimum absolute atomic E-state index is 0.0238. The van der Waals surface area contributed by atoms with Gasteiger partial charge in [0, 0.05) is 0 Å². The van der Waals surface area contributed by atoms with Gasteiger partial charge in [-0.1, -0.05) is 36.7 Å². The molecule has 0 aromatic heterocycles. The molecule has 136 valence electrons. The van der Waals surface area contributed by atoms with Gasteiger partial charge in [-0.05, 0) is 54.8 Å². The highest BCUT2D eigenvalue weighted by Gasteiger charge is 2.30. The topological polar surface area (TPSA) is 33.0 Å². The Morgan fingerprint density at radius 2 is 1.88 bits per heavy atom. The van der Waals surface area contributed by atoms with Gasteiger partial charge in [-0.3, -0.25) is 0 Å². The summed E-state index contributed by atoms with van der Waals surface area (Å²) in [4.78, 5) is 0. The molecule has 0 heterocycles. The van der Waals surface area contributed by atoms with E-state index in [1.54, 1.807) is 24.3 Å². The Morgan fingerprint density at radius 1 is 1.23 bits per heavy atom. The predicted octanol–water partition coefficient (Wildman–Crippen LogP) is 6.60. The number of halogens is 4. The van der Waals surface area contributed by atoms with E-state index < -0.39 is 11.7 Å². The molecule has 0 saturated carbocycles. The molecule has 0 N–H and O–H groups in total. The van der Waals surface area contributed by atoms with Crippen molar-refractivity contribution in [2.75, 3.05) is 0 Å². The number of alkyl halides is 3. The van der Waals surface area contributed by atoms with E-state index in [-0.39, 0.29) is 11.7 Å². The van der Waals surface area contributed by atoms with Gasteiger partial charge in [0.1, 0.15) is 5.75 Å². The molecule has 0 radical (unpaired) electrons. The lowest BCUT2D eigenvalue weighted by Crippen LogP contribution is -2.09. The van der Waals surface area contributed by atoms with Crippen molar-refractivity contribution in [3.63, 3.8) is 0 Å². The summed E-state index contributed by atoms with van der Waals surface area (Å²) in [7, 11) is 0. The second-order valence-electron chi connectivity index (χ2n) is 5.77. The van der Waals surface area contributed by atoms with E-state index >= 15 is 0 Å². The van der Waals surface area contributed by atoms with Gasteiger partial charge in [0.2, 0.25) is 0 Å². The molecule has 2 rings (SSSR count). The fourth-order valence-electron chi connectivity index (χ4n) is 2.19. The van der Waals surface area contributed by atoms with Gasteiger partial charge in [0.25, 0.3) is 0 Å². The van der Waals surface area contributed by atoms with Crippen LogP contribution < -0.4 is 4.74 Å². The van der Waals surface area contributed by atoms with Crippen molar-refractivity contribution in [2.45, 2.75) is 32.5 Å². The molecule has 0 saturated heterocycles. The summed E-state index contributed by atoms with van der Waals surface area (Å²) in [5.74, 6) is 0.547. The van der Waals surface area contributed by atoms with Crippen LogP contribution in [0.25, 0.3) is 11.6 Å². The highest BCUT2D eigenvalue weighted by atomic mass is 35.5. The van der Waals surface area contributed by atoms with Crippen LogP contribution in [0.3, 0.4) is 0 Å². The first kappa shape index (κ1) is 19.9. The number of rotatable bonds is 5. The molecule has 0 aliphatic heterocycles. The zero-order chi connectivity index (χ0) is 19.3. The summed E-state index contributed by atoms with van der Waals surface area (Å²) in [6, 6.07) is 11.6. The molecule has 2 aromatic carbocycles. The molecule has 1 atom stereocenters. The van der Waals surface area contributed by atoms with Gasteiger partial charge >= 0.3 is 6.18 Å². The molecule has 0 unspecified atom stereocenters. The Labute approximate surface area is 155 Å². The Balaban J connectivity index is 2.29. The van der Waals surface area contributed by atoms with E-state index in [0.717, 1.165) is 18.6 Å². The number of ether oxygens (including phenoxy) is 1. The molecule has 26 heavy (non-hydrogen) atoms. The van der Waals surface area contributed by atoms with Gasteiger partial charge in [0.15, 0.2) is 0 Å². The molecular formula is C20H17ClF3NO. The van der Waals surface area contributed by atoms with Gasteiger partial charge in [-0.15, -0.1) is 0 Å². The highest BCUT2D eigenvalue weighted by molar-refractivity contribution is 6.32. The van der Waals surface area contributed by atoms with Crippen LogP contribution in [-0.4, -0.2) is 6.10 Å². The Hall–Kier alpha value is -2.45. The van der Waals surface area contributed by atoms with Crippen LogP contribution >= 0.6 is 11.6 Å². The Morgan fingerprint density at radius 3 is 2.38 bits per heavy atom. The first-order valence-corrected chi connectivity index (χ1v) is 8.38. The molecule has 0 bridgehead atoms. The van der Waals surface area contributed by atoms with E-state index in [0.29, 0.717) is 21.9 Å². The van der Waals surface area contributed by atoms with Crippen molar-refractivity contribution in [2.24, 2.45) is 0 Å². The van der Waals surface area contributed by atoms with Crippen molar-refractivity contribution in [1.82, 2.24) is 0 Å². The lowest BCUT2D eigenvalue weighted by atomic mass is 10.0. The zero-order valence-corrected chi connectivity index (χ0v) is 15.0. The maximum absolute atomic E-state index is 12.6. The second-order valence-corrected chi connectivity index (χ2v) is 6.18. The molecule has 0 amide bonds. The third kappa shape index (κ3) is 5.03. The summed E-state index contributed by atoms with van der Waals surface area (Å²) >= 11 is 6.21. The van der Waals surface area contributed by atoms with Crippen LogP contribution in [0.5, 0.6) is 5.75 Å². The van der Waals surface area contributed by atoms with Crippen LogP contribution in [0.4, 0.5) is 13.2 Å². The van der Waals surface area contributed by atoms with Crippen molar-refractivity contribution >= 4 is 23.3 Å². The minimum atomic E-state index is -4.41. The zero-order valence-electron chi connectivity index (χ0n) is 14.3. The molecular weight excluding hydrogens is 363 g/mol. The average molecular weight is 380 g/mol. The van der Waals surface area contributed by atoms with Crippen LogP contribution in [0.2, 0.25) is 5.02 Å². The molecule has 2 aromatic rings. The molecule has 0 fully saturated rings. The summed E-state index contributed by atoms with van der Waals surface area (Å²) in [6.45, 7) is 3.93. The standard InChI is InChI=1S/C20H17ClF3NO/c1-3-13(2)26-19-9-4-14(11-18(19)21)10-16(12-25)15-5-7-17(8-6-15)20(22,23)24/h4-11,13H,3H2,1-2H3/b16-10-/t13-/m0/s1. The van der Waals surface area contributed by atoms with Crippen molar-refractivity contribution in [3.8, 4) is 11.8 Å². The van der Waals surface area contributed by atoms with E-state index in [9.17, 15) is 18.4 Å². The lowest BCUT2D eigenvalue weighted by molar-refractivity contribution is -0.137. The number of allylic oxidation sites excluding steroid dienone is 1. The number of hydrogen-bond acceptors (Lipinski definition) is 2. The van der Waals surface area contributed by atoms with Gasteiger partial charge in [-0.2, -0.15) is 18.4 Å². The summed E-state index contributed by atoms with van der Waals surface area (Å²) < 4.78 is 43.6. The highest BCUT2D eigenvalue weighted by Crippen LogP contribution is 2.31. The molecule has 6 heteroatoms. The van der Waals surface area contributed by atoms with E-state index in [1.807, 2.05) is 19.9 Å². The first-order chi connectivity index (χ1) is 12.2. The van der Waals surface area contributed by atoms with Gasteiger partial charge in [0.05, 0.1) is 28.3 Å². The Bertz CT molecular complexity index is 836. The van der Waals surface area contributed by atoms with Crippen LogP contribution in [0.15, 0.2) is 42.5 Å². The van der Waals surface area contributed by atoms with Crippen molar-refractivity contribution < 1.29 is 17.9 Å². The normalized spacial score (nSPS) is 13.2. The van der Waals surface area contributed by atoms with E-state index in [1.165, 1.54) is 12.1 Å². The molecule has 0 aliphatic carbocycles. The summed E-state index contributed by atoms with van der Waals surface area (Å²) in [5, 5.41) is 9.75. The second kappa shape index (κ2) is 8.29. The van der Waals surface area contributed by atoms with Crippen molar-refractivity contribution in [3.05, 3.63) is 64.2 Å². The monoisotopic (exact) mass is 379 g/mol. The third-order valence-corrected chi connectivity index (χ3v) is 4.11. The number of nitriles is 1. The minimum Gasteiger partial charge on any atom is -0.489 e. The predicted molar refractivity (Wildman–Crippen MR) is 96.8 cm³/mol. The largest absolute Gasteiger partial charge is 0.489 e. The van der Waals surface area contributed by atoms with Crippen molar-refractivity contribution in [1.29, 1.82) is 5.26 Å². The maximum atomic E-state index is 12.6. The molecule has 2 nitrogen and oxygen atoms in total. The number of benzene rings is 2. The van der Waals surface area contributed by atoms with Crippen LogP contribution in [-0.2, 0) is 6.18 Å². The van der Waals surface area contributed by atoms with Crippen LogP contribution in [0.1, 0.15) is 37.0 Å². The summed E-state index contributed by atoms with van der Waals surface area (Å²) in [6.07, 6.45) is -1.98. The average Bonchev–Trinajstić information content (AvgIpc) is 2.61. The Kier molecular flexibility index (Phi) is 6.33. The lowest BCUT2D eigenvalue weighted by Gasteiger charge is -2.14. The summed E-state index contributed by atoms with van der Waals surface area (Å²) in [5.41, 5.74) is 0.540. The van der Waals surface area contributed by atoms with E-state index in [4.69, 9.17) is 16.3 Å². The quantitative estimate of drug-likeness (QED) is 0.433. The van der Waals surface area contributed by atoms with Crippen LogP contribution in [0, 0.1) is 11.3 Å². The smallest absolute Gasteiger partial charge is 0.416 e. The molecule has 0 spiro atoms. The third-order valence-electron chi connectivity index (χ3n) is 3.81. The fourth-order valence-corrected chi connectivity index (χ4v) is 2.42. The molecule has 0 aliphatic rings. The van der Waals surface area contributed by atoms with Gasteiger partial charge < -0.3 is 4.74 Å². The maximum Gasteiger partial charge on any atom is 0.416 e. The SMILES string of the molecule is CC[C@H](C)Oc1ccc(/C=C(/C#N)c2ccc(C(F)(F)F)cc2)cc1Cl. The van der Waals surface area contributed by atoms with Gasteiger partial charge in [-0.25, -0.2) is 0 Å². The first-order valence-electron chi connectivity index (χ1n) is 8.00. The number of nitrogens with zero attached hydrogens (tertiary/aromatic N) is 1. The fraction of sp³-hybridized carbons (Fsp3) is 0.250. The number of hydrogen-bond donors (Lipinski definition) is 0. The van der Waals surface area contributed by atoms with E-state index in [2.05, 4.69) is 0 Å².